The third kappa shape index (κ3) is 2.65. The van der Waals surface area contributed by atoms with Gasteiger partial charge in [-0.3, -0.25) is 9.59 Å². The van der Waals surface area contributed by atoms with Crippen molar-refractivity contribution in [3.05, 3.63) is 82.7 Å². The fourth-order valence-electron chi connectivity index (χ4n) is 4.85. The summed E-state index contributed by atoms with van der Waals surface area (Å²) in [6.07, 6.45) is 3.29. The molecule has 158 valence electrons. The number of Topliss-reactive ketones (excluding diaryl/α,β-unsaturated/α-hetero) is 1. The Kier molecular flexibility index (Phi) is 4.37. The van der Waals surface area contributed by atoms with Gasteiger partial charge in [-0.1, -0.05) is 24.3 Å². The van der Waals surface area contributed by atoms with Crippen molar-refractivity contribution in [2.24, 2.45) is 7.05 Å². The van der Waals surface area contributed by atoms with E-state index in [0.29, 0.717) is 25.9 Å². The Morgan fingerprint density at radius 2 is 1.87 bits per heavy atom. The number of carbonyl (C=O) groups is 2. The average molecular weight is 531 g/mol. The summed E-state index contributed by atoms with van der Waals surface area (Å²) in [5.74, 6) is -1.16. The van der Waals surface area contributed by atoms with Crippen molar-refractivity contribution in [1.82, 2.24) is 13.9 Å². The van der Waals surface area contributed by atoms with Crippen molar-refractivity contribution in [3.8, 4) is 5.75 Å². The summed E-state index contributed by atoms with van der Waals surface area (Å²) < 4.78 is 4.09. The third-order valence-electron chi connectivity index (χ3n) is 6.37. The van der Waals surface area contributed by atoms with Gasteiger partial charge in [0.05, 0.1) is 16.2 Å². The Bertz CT molecular complexity index is 1420. The van der Waals surface area contributed by atoms with E-state index in [1.165, 1.54) is 22.5 Å². The number of nitrogens with zero attached hydrogens (tertiary/aromatic N) is 3. The predicted molar refractivity (Wildman–Crippen MR) is 120 cm³/mol. The lowest BCUT2D eigenvalue weighted by molar-refractivity contribution is -0.115. The number of benzene rings is 1. The van der Waals surface area contributed by atoms with Gasteiger partial charge >= 0.3 is 11.4 Å². The maximum Gasteiger partial charge on any atom is 0.347 e. The number of carbonyl (C=O) groups excluding carboxylic acids is 2. The molecule has 5 rings (SSSR count). The first-order valence-electron chi connectivity index (χ1n) is 9.78. The fraction of sp³-hybridized carbons (Fsp3) is 0.273. The van der Waals surface area contributed by atoms with Crippen molar-refractivity contribution in [2.45, 2.75) is 31.8 Å². The Balaban J connectivity index is 1.82. The van der Waals surface area contributed by atoms with Gasteiger partial charge in [-0.25, -0.2) is 23.5 Å². The van der Waals surface area contributed by atoms with Gasteiger partial charge in [-0.2, -0.15) is 0 Å². The van der Waals surface area contributed by atoms with E-state index in [0.717, 1.165) is 10.1 Å². The minimum atomic E-state index is -0.681. The van der Waals surface area contributed by atoms with Gasteiger partial charge in [0, 0.05) is 42.2 Å². The van der Waals surface area contributed by atoms with Gasteiger partial charge in [-0.05, 0) is 40.7 Å². The van der Waals surface area contributed by atoms with Crippen LogP contribution in [0.5, 0.6) is 5.75 Å². The van der Waals surface area contributed by atoms with Crippen molar-refractivity contribution < 1.29 is 14.7 Å². The molecule has 3 aliphatic rings. The number of phenolic OH excluding ortho intramolecular Hbond substituents is 1. The number of halogens is 1. The van der Waals surface area contributed by atoms with Crippen LogP contribution in [0.15, 0.2) is 60.2 Å². The molecule has 2 heterocycles. The molecule has 0 radical (unpaired) electrons. The lowest BCUT2D eigenvalue weighted by atomic mass is 9.68. The molecular formula is C22H18IN3O5. The summed E-state index contributed by atoms with van der Waals surface area (Å²) in [6, 6.07) is 4.69. The zero-order valence-corrected chi connectivity index (χ0v) is 18.9. The molecule has 0 fully saturated rings. The lowest BCUT2D eigenvalue weighted by Crippen LogP contribution is -2.40. The Labute approximate surface area is 189 Å². The molecule has 0 spiro atoms. The standard InChI is InChI=1S/C22H18IN3O5/c1-10-4-3-5-12(19(10)28)17-11-6-7-25-21(30)24(2)22(31)26(25)15(11)8-13-16(27)9-14(23)20(29)18(13)17/h3-6,9,15,17,28H,7-8H2,1-2H3/t15-,17-/m1/s1. The molecule has 0 saturated heterocycles. The highest BCUT2D eigenvalue weighted by Gasteiger charge is 2.45. The van der Waals surface area contributed by atoms with Crippen LogP contribution in [0.3, 0.4) is 0 Å². The molecule has 8 nitrogen and oxygen atoms in total. The molecule has 1 aromatic carbocycles. The largest absolute Gasteiger partial charge is 0.507 e. The molecule has 0 bridgehead atoms. The van der Waals surface area contributed by atoms with E-state index in [4.69, 9.17) is 0 Å². The van der Waals surface area contributed by atoms with Gasteiger partial charge < -0.3 is 5.11 Å². The summed E-state index contributed by atoms with van der Waals surface area (Å²) in [4.78, 5) is 51.5. The Hall–Kier alpha value is -2.95. The number of fused-ring (bicyclic) bond motifs is 3. The van der Waals surface area contributed by atoms with E-state index in [-0.39, 0.29) is 30.3 Å². The second kappa shape index (κ2) is 6.78. The van der Waals surface area contributed by atoms with E-state index in [2.05, 4.69) is 0 Å². The molecule has 0 unspecified atom stereocenters. The number of phenols is 1. The first-order valence-corrected chi connectivity index (χ1v) is 10.9. The SMILES string of the molecule is Cc1cccc([C@H]2C3=CCn4c(=O)n(C)c(=O)n4[C@@H]3CC3=C2C(=O)C(I)=CC3=O)c1O. The monoisotopic (exact) mass is 531 g/mol. The number of hydrogen-bond donors (Lipinski definition) is 1. The normalized spacial score (nSPS) is 22.5. The van der Waals surface area contributed by atoms with Crippen LogP contribution in [-0.2, 0) is 23.2 Å². The maximum absolute atomic E-state index is 13.2. The van der Waals surface area contributed by atoms with Crippen LogP contribution in [-0.4, -0.2) is 30.6 Å². The molecule has 1 aliphatic heterocycles. The molecule has 1 aromatic heterocycles. The van der Waals surface area contributed by atoms with E-state index in [1.807, 2.05) is 28.7 Å². The summed E-state index contributed by atoms with van der Waals surface area (Å²) in [5, 5.41) is 10.9. The molecule has 2 atom stereocenters. The minimum Gasteiger partial charge on any atom is -0.507 e. The summed E-state index contributed by atoms with van der Waals surface area (Å²) in [7, 11) is 1.42. The highest BCUT2D eigenvalue weighted by molar-refractivity contribution is 14.1. The number of hydrogen-bond acceptors (Lipinski definition) is 5. The van der Waals surface area contributed by atoms with E-state index in [1.54, 1.807) is 25.1 Å². The Morgan fingerprint density at radius 3 is 2.61 bits per heavy atom. The predicted octanol–water partition coefficient (Wildman–Crippen LogP) is 1.80. The number of aryl methyl sites for hydroxylation is 1. The van der Waals surface area contributed by atoms with Crippen LogP contribution in [0.1, 0.15) is 29.5 Å². The molecule has 0 saturated carbocycles. The second-order valence-corrected chi connectivity index (χ2v) is 9.16. The zero-order chi connectivity index (χ0) is 22.2. The van der Waals surface area contributed by atoms with E-state index >= 15 is 0 Å². The molecule has 1 N–H and O–H groups in total. The zero-order valence-electron chi connectivity index (χ0n) is 16.8. The average Bonchev–Trinajstić information content (AvgIpc) is 2.97. The number of ketones is 2. The minimum absolute atomic E-state index is 0.0501. The van der Waals surface area contributed by atoms with Crippen LogP contribution in [0.4, 0.5) is 0 Å². The maximum atomic E-state index is 13.2. The van der Waals surface area contributed by atoms with Crippen LogP contribution in [0.25, 0.3) is 0 Å². The van der Waals surface area contributed by atoms with Gasteiger partial charge in [0.15, 0.2) is 11.6 Å². The first-order chi connectivity index (χ1) is 14.7. The topological polar surface area (TPSA) is 103 Å². The van der Waals surface area contributed by atoms with Crippen LogP contribution in [0.2, 0.25) is 0 Å². The fourth-order valence-corrected chi connectivity index (χ4v) is 5.42. The van der Waals surface area contributed by atoms with Crippen LogP contribution >= 0.6 is 22.6 Å². The molecule has 0 amide bonds. The van der Waals surface area contributed by atoms with Gasteiger partial charge in [-0.15, -0.1) is 0 Å². The molecule has 31 heavy (non-hydrogen) atoms. The van der Waals surface area contributed by atoms with Crippen molar-refractivity contribution in [2.75, 3.05) is 0 Å². The summed E-state index contributed by atoms with van der Waals surface area (Å²) in [5.41, 5.74) is 1.66. The van der Waals surface area contributed by atoms with Crippen molar-refractivity contribution in [3.63, 3.8) is 0 Å². The highest BCUT2D eigenvalue weighted by atomic mass is 127. The first kappa shape index (κ1) is 20.0. The van der Waals surface area contributed by atoms with Crippen LogP contribution in [0, 0.1) is 6.92 Å². The van der Waals surface area contributed by atoms with Gasteiger partial charge in [0.25, 0.3) is 0 Å². The number of allylic oxidation sites excluding steroid dienone is 6. The molecule has 2 aromatic rings. The number of para-hydroxylation sites is 1. The van der Waals surface area contributed by atoms with Crippen molar-refractivity contribution >= 4 is 34.2 Å². The molecular weight excluding hydrogens is 513 g/mol. The third-order valence-corrected chi connectivity index (χ3v) is 7.17. The second-order valence-electron chi connectivity index (χ2n) is 8.00. The van der Waals surface area contributed by atoms with Gasteiger partial charge in [0.1, 0.15) is 5.75 Å². The van der Waals surface area contributed by atoms with Crippen molar-refractivity contribution in [1.29, 1.82) is 0 Å². The number of aromatic hydroxyl groups is 1. The van der Waals surface area contributed by atoms with E-state index in [9.17, 15) is 24.3 Å². The number of aromatic nitrogens is 3. The molecule has 2 aliphatic carbocycles. The quantitative estimate of drug-likeness (QED) is 0.344. The smallest absolute Gasteiger partial charge is 0.347 e. The Morgan fingerprint density at radius 1 is 1.13 bits per heavy atom. The molecule has 9 heteroatoms. The highest BCUT2D eigenvalue weighted by Crippen LogP contribution is 2.51. The summed E-state index contributed by atoms with van der Waals surface area (Å²) >= 11 is 1.86. The van der Waals surface area contributed by atoms with Gasteiger partial charge in [0.2, 0.25) is 0 Å². The number of rotatable bonds is 1. The van der Waals surface area contributed by atoms with Crippen LogP contribution < -0.4 is 11.4 Å². The van der Waals surface area contributed by atoms with E-state index < -0.39 is 23.3 Å². The summed E-state index contributed by atoms with van der Waals surface area (Å²) in [6.45, 7) is 1.93. The lowest BCUT2D eigenvalue weighted by Gasteiger charge is -2.39.